The van der Waals surface area contributed by atoms with Crippen molar-refractivity contribution < 1.29 is 9.53 Å². The molecule has 3 rings (SSSR count). The van der Waals surface area contributed by atoms with Gasteiger partial charge in [-0.2, -0.15) is 10.5 Å². The van der Waals surface area contributed by atoms with E-state index in [2.05, 4.69) is 18.3 Å². The normalized spacial score (nSPS) is 14.3. The molecule has 0 fully saturated rings. The monoisotopic (exact) mass is 405 g/mol. The van der Waals surface area contributed by atoms with Crippen LogP contribution in [-0.4, -0.2) is 12.0 Å². The molecule has 0 saturated heterocycles. The van der Waals surface area contributed by atoms with Crippen molar-refractivity contribution in [3.63, 3.8) is 0 Å². The van der Waals surface area contributed by atoms with Crippen LogP contribution in [0.1, 0.15) is 54.7 Å². The minimum Gasteiger partial charge on any atom is -0.491 e. The van der Waals surface area contributed by atoms with Crippen LogP contribution in [-0.2, 0) is 17.6 Å². The van der Waals surface area contributed by atoms with Gasteiger partial charge >= 0.3 is 0 Å². The van der Waals surface area contributed by atoms with Gasteiger partial charge in [-0.3, -0.25) is 4.79 Å². The highest BCUT2D eigenvalue weighted by atomic mass is 32.1. The maximum absolute atomic E-state index is 12.7. The van der Waals surface area contributed by atoms with Crippen molar-refractivity contribution in [1.29, 1.82) is 10.5 Å². The molecule has 148 valence electrons. The summed E-state index contributed by atoms with van der Waals surface area (Å²) < 4.78 is 5.75. The predicted octanol–water partition coefficient (Wildman–Crippen LogP) is 5.22. The van der Waals surface area contributed by atoms with Crippen molar-refractivity contribution in [2.24, 2.45) is 0 Å². The molecule has 0 unspecified atom stereocenters. The first-order valence-electron chi connectivity index (χ1n) is 9.80. The molecule has 0 radical (unpaired) electrons. The Morgan fingerprint density at radius 2 is 2.00 bits per heavy atom. The zero-order valence-electron chi connectivity index (χ0n) is 16.6. The van der Waals surface area contributed by atoms with Gasteiger partial charge in [-0.25, -0.2) is 0 Å². The number of hydrogen-bond acceptors (Lipinski definition) is 5. The zero-order chi connectivity index (χ0) is 20.8. The molecule has 1 aliphatic carbocycles. The minimum absolute atomic E-state index is 0.00384. The fourth-order valence-electron chi connectivity index (χ4n) is 3.22. The first-order chi connectivity index (χ1) is 14.0. The molecular formula is C23H23N3O2S. The number of anilines is 1. The summed E-state index contributed by atoms with van der Waals surface area (Å²) in [4.78, 5) is 13.8. The van der Waals surface area contributed by atoms with E-state index in [1.165, 1.54) is 16.2 Å². The Morgan fingerprint density at radius 3 is 2.66 bits per heavy atom. The van der Waals surface area contributed by atoms with Gasteiger partial charge in [0.1, 0.15) is 28.5 Å². The van der Waals surface area contributed by atoms with Crippen molar-refractivity contribution in [3.8, 4) is 17.9 Å². The maximum atomic E-state index is 12.7. The number of rotatable bonds is 6. The van der Waals surface area contributed by atoms with E-state index in [4.69, 9.17) is 4.74 Å². The van der Waals surface area contributed by atoms with Gasteiger partial charge in [0, 0.05) is 4.88 Å². The van der Waals surface area contributed by atoms with Crippen molar-refractivity contribution in [2.45, 2.75) is 52.1 Å². The molecule has 1 aliphatic rings. The van der Waals surface area contributed by atoms with Crippen LogP contribution in [0.4, 0.5) is 5.00 Å². The van der Waals surface area contributed by atoms with Crippen LogP contribution in [0.15, 0.2) is 29.8 Å². The molecular weight excluding hydrogens is 382 g/mol. The number of benzene rings is 1. The highest BCUT2D eigenvalue weighted by Gasteiger charge is 2.22. The Hall–Kier alpha value is -3.09. The fraction of sp³-hybridized carbons (Fsp3) is 0.348. The molecule has 5 nitrogen and oxygen atoms in total. The van der Waals surface area contributed by atoms with Crippen molar-refractivity contribution in [2.75, 3.05) is 5.32 Å². The molecule has 29 heavy (non-hydrogen) atoms. The summed E-state index contributed by atoms with van der Waals surface area (Å²) in [6, 6.07) is 11.5. The number of fused-ring (bicyclic) bond motifs is 1. The number of amides is 1. The Labute approximate surface area is 175 Å². The highest BCUT2D eigenvalue weighted by molar-refractivity contribution is 7.16. The predicted molar refractivity (Wildman–Crippen MR) is 115 cm³/mol. The second-order valence-electron chi connectivity index (χ2n) is 7.06. The first-order valence-corrected chi connectivity index (χ1v) is 10.6. The average Bonchev–Trinajstić information content (AvgIpc) is 3.09. The Bertz CT molecular complexity index is 1010. The second-order valence-corrected chi connectivity index (χ2v) is 8.16. The summed E-state index contributed by atoms with van der Waals surface area (Å²) in [6.07, 6.45) is 6.56. The van der Waals surface area contributed by atoms with Crippen molar-refractivity contribution in [3.05, 3.63) is 51.4 Å². The molecule has 1 atom stereocenters. The molecule has 1 N–H and O–H groups in total. The number of thiophene rings is 1. The van der Waals surface area contributed by atoms with Crippen LogP contribution in [0.25, 0.3) is 6.08 Å². The number of nitrogens with zero attached hydrogens (tertiary/aromatic N) is 2. The average molecular weight is 406 g/mol. The van der Waals surface area contributed by atoms with E-state index in [0.717, 1.165) is 49.0 Å². The maximum Gasteiger partial charge on any atom is 0.266 e. The van der Waals surface area contributed by atoms with Gasteiger partial charge in [-0.05, 0) is 68.4 Å². The molecule has 1 amide bonds. The molecule has 2 aromatic rings. The van der Waals surface area contributed by atoms with Gasteiger partial charge in [0.05, 0.1) is 11.7 Å². The molecule has 6 heteroatoms. The molecule has 0 saturated carbocycles. The summed E-state index contributed by atoms with van der Waals surface area (Å²) in [6.45, 7) is 4.06. The first kappa shape index (κ1) is 20.6. The van der Waals surface area contributed by atoms with Crippen LogP contribution in [0, 0.1) is 22.7 Å². The molecule has 0 bridgehead atoms. The third kappa shape index (κ3) is 4.85. The minimum atomic E-state index is -0.498. The van der Waals surface area contributed by atoms with Crippen molar-refractivity contribution >= 4 is 28.3 Å². The standard InChI is InChI=1S/C23H23N3O2S/c1-3-15(2)28-18-10-8-16(9-11-18)12-17(13-24)22(27)26-23-20(14-25)19-6-4-5-7-21(19)29-23/h8-12,15H,3-7H2,1-2H3,(H,26,27)/b17-12+/t15-/m1/s1. The fourth-order valence-corrected chi connectivity index (χ4v) is 4.45. The van der Waals surface area contributed by atoms with E-state index in [1.54, 1.807) is 6.08 Å². The lowest BCUT2D eigenvalue weighted by Crippen LogP contribution is -2.13. The van der Waals surface area contributed by atoms with Gasteiger partial charge in [-0.1, -0.05) is 19.1 Å². The van der Waals surface area contributed by atoms with E-state index < -0.39 is 5.91 Å². The van der Waals surface area contributed by atoms with Crippen LogP contribution >= 0.6 is 11.3 Å². The quantitative estimate of drug-likeness (QED) is 0.527. The highest BCUT2D eigenvalue weighted by Crippen LogP contribution is 2.37. The van der Waals surface area contributed by atoms with Gasteiger partial charge in [0.25, 0.3) is 5.91 Å². The third-order valence-electron chi connectivity index (χ3n) is 4.98. The molecule has 0 aliphatic heterocycles. The topological polar surface area (TPSA) is 85.9 Å². The zero-order valence-corrected chi connectivity index (χ0v) is 17.4. The number of carbonyl (C=O) groups excluding carboxylic acids is 1. The largest absolute Gasteiger partial charge is 0.491 e. The Kier molecular flexibility index (Phi) is 6.69. The van der Waals surface area contributed by atoms with Crippen LogP contribution in [0.2, 0.25) is 0 Å². The van der Waals surface area contributed by atoms with E-state index >= 15 is 0 Å². The lowest BCUT2D eigenvalue weighted by molar-refractivity contribution is -0.112. The van der Waals surface area contributed by atoms with Gasteiger partial charge in [-0.15, -0.1) is 11.3 Å². The molecule has 0 spiro atoms. The lowest BCUT2D eigenvalue weighted by atomic mass is 9.96. The van der Waals surface area contributed by atoms with Crippen LogP contribution in [0.3, 0.4) is 0 Å². The lowest BCUT2D eigenvalue weighted by Gasteiger charge is -2.12. The Balaban J connectivity index is 1.77. The number of hydrogen-bond donors (Lipinski definition) is 1. The van der Waals surface area contributed by atoms with E-state index in [1.807, 2.05) is 37.3 Å². The van der Waals surface area contributed by atoms with E-state index in [0.29, 0.717) is 10.6 Å². The summed E-state index contributed by atoms with van der Waals surface area (Å²) in [5.41, 5.74) is 2.33. The number of aryl methyl sites for hydroxylation is 1. The van der Waals surface area contributed by atoms with Gasteiger partial charge in [0.15, 0.2) is 0 Å². The van der Waals surface area contributed by atoms with Gasteiger partial charge in [0.2, 0.25) is 0 Å². The summed E-state index contributed by atoms with van der Waals surface area (Å²) >= 11 is 1.45. The van der Waals surface area contributed by atoms with Crippen molar-refractivity contribution in [1.82, 2.24) is 0 Å². The number of ether oxygens (including phenoxy) is 1. The van der Waals surface area contributed by atoms with E-state index in [-0.39, 0.29) is 11.7 Å². The second kappa shape index (κ2) is 9.41. The molecule has 1 aromatic carbocycles. The summed E-state index contributed by atoms with van der Waals surface area (Å²) in [7, 11) is 0. The summed E-state index contributed by atoms with van der Waals surface area (Å²) in [5.74, 6) is 0.254. The number of nitrogens with one attached hydrogen (secondary N) is 1. The SMILES string of the molecule is CC[C@@H](C)Oc1ccc(/C=C(\C#N)C(=O)Nc2sc3c(c2C#N)CCCC3)cc1. The summed E-state index contributed by atoms with van der Waals surface area (Å²) in [5, 5.41) is 22.3. The number of carbonyl (C=O) groups is 1. The molecule has 1 heterocycles. The number of nitriles is 2. The Morgan fingerprint density at radius 1 is 1.28 bits per heavy atom. The smallest absolute Gasteiger partial charge is 0.266 e. The van der Waals surface area contributed by atoms with E-state index in [9.17, 15) is 15.3 Å². The van der Waals surface area contributed by atoms with Crippen LogP contribution in [0.5, 0.6) is 5.75 Å². The van der Waals surface area contributed by atoms with Crippen LogP contribution < -0.4 is 10.1 Å². The third-order valence-corrected chi connectivity index (χ3v) is 6.19. The van der Waals surface area contributed by atoms with Gasteiger partial charge < -0.3 is 10.1 Å². The molecule has 1 aromatic heterocycles.